The molecule has 3 aromatic rings. The second-order valence-corrected chi connectivity index (χ2v) is 7.52. The smallest absolute Gasteiger partial charge is 0.256 e. The van der Waals surface area contributed by atoms with Gasteiger partial charge in [-0.25, -0.2) is 4.98 Å². The van der Waals surface area contributed by atoms with Gasteiger partial charge in [-0.2, -0.15) is 5.10 Å². The Morgan fingerprint density at radius 1 is 1.33 bits per heavy atom. The highest BCUT2D eigenvalue weighted by molar-refractivity contribution is 6.33. The summed E-state index contributed by atoms with van der Waals surface area (Å²) in [6, 6.07) is 7.58. The summed E-state index contributed by atoms with van der Waals surface area (Å²) < 4.78 is 1.71. The number of hydrogen-bond donors (Lipinski definition) is 2. The predicted octanol–water partition coefficient (Wildman–Crippen LogP) is 4.65. The second-order valence-electron chi connectivity index (χ2n) is 7.16. The number of para-hydroxylation sites is 2. The number of benzene rings is 1. The van der Waals surface area contributed by atoms with Gasteiger partial charge in [0.05, 0.1) is 28.3 Å². The van der Waals surface area contributed by atoms with Crippen molar-refractivity contribution in [2.24, 2.45) is 5.92 Å². The molecule has 0 aliphatic carbocycles. The van der Waals surface area contributed by atoms with Crippen LogP contribution < -0.4 is 5.32 Å². The van der Waals surface area contributed by atoms with Gasteiger partial charge in [-0.05, 0) is 31.4 Å². The van der Waals surface area contributed by atoms with Crippen LogP contribution in [0.5, 0.6) is 0 Å². The van der Waals surface area contributed by atoms with Gasteiger partial charge in [0.25, 0.3) is 5.91 Å². The number of fused-ring (bicyclic) bond motifs is 1. The number of nitrogens with zero attached hydrogens (tertiary/aromatic N) is 3. The molecule has 2 aromatic heterocycles. The number of unbranched alkanes of at least 4 members (excludes halogenated alkanes) is 1. The SMILES string of the molecule is CCCCn1nc(C)c(C(=O)N[C@H](c2nc3ccccc3[nH]2)C(C)C)c1Cl. The summed E-state index contributed by atoms with van der Waals surface area (Å²) in [6.45, 7) is 8.74. The zero-order chi connectivity index (χ0) is 19.6. The number of carbonyl (C=O) groups is 1. The van der Waals surface area contributed by atoms with E-state index in [1.165, 1.54) is 0 Å². The van der Waals surface area contributed by atoms with Crippen LogP contribution in [-0.2, 0) is 6.54 Å². The summed E-state index contributed by atoms with van der Waals surface area (Å²) in [6.07, 6.45) is 2.01. The molecule has 0 saturated heterocycles. The maximum Gasteiger partial charge on any atom is 0.256 e. The van der Waals surface area contributed by atoms with E-state index >= 15 is 0 Å². The van der Waals surface area contributed by atoms with Crippen LogP contribution in [0.25, 0.3) is 11.0 Å². The van der Waals surface area contributed by atoms with E-state index in [9.17, 15) is 4.79 Å². The minimum Gasteiger partial charge on any atom is -0.342 e. The van der Waals surface area contributed by atoms with Crippen LogP contribution in [0.15, 0.2) is 24.3 Å². The molecule has 0 spiro atoms. The first kappa shape index (κ1) is 19.4. The van der Waals surface area contributed by atoms with Crippen LogP contribution in [0.3, 0.4) is 0 Å². The normalized spacial score (nSPS) is 12.7. The van der Waals surface area contributed by atoms with Crippen molar-refractivity contribution in [1.82, 2.24) is 25.1 Å². The number of amides is 1. The summed E-state index contributed by atoms with van der Waals surface area (Å²) in [4.78, 5) is 21.0. The third-order valence-corrected chi connectivity index (χ3v) is 5.06. The van der Waals surface area contributed by atoms with Gasteiger partial charge >= 0.3 is 0 Å². The molecule has 0 bridgehead atoms. The minimum atomic E-state index is -0.251. The summed E-state index contributed by atoms with van der Waals surface area (Å²) in [5.74, 6) is 0.676. The number of aryl methyl sites for hydroxylation is 2. The molecule has 0 aliphatic heterocycles. The Bertz CT molecular complexity index is 910. The summed E-state index contributed by atoms with van der Waals surface area (Å²) in [7, 11) is 0. The molecule has 0 unspecified atom stereocenters. The third kappa shape index (κ3) is 4.00. The first-order valence-electron chi connectivity index (χ1n) is 9.40. The maximum absolute atomic E-state index is 13.0. The number of aromatic amines is 1. The number of nitrogens with one attached hydrogen (secondary N) is 2. The molecular weight excluding hydrogens is 362 g/mol. The van der Waals surface area contributed by atoms with Gasteiger partial charge in [0, 0.05) is 6.54 Å². The van der Waals surface area contributed by atoms with E-state index in [0.717, 1.165) is 29.7 Å². The molecule has 7 heteroatoms. The molecule has 27 heavy (non-hydrogen) atoms. The van der Waals surface area contributed by atoms with E-state index in [2.05, 4.69) is 41.2 Å². The van der Waals surface area contributed by atoms with Crippen molar-refractivity contribution in [1.29, 1.82) is 0 Å². The molecule has 1 aromatic carbocycles. The van der Waals surface area contributed by atoms with Crippen molar-refractivity contribution >= 4 is 28.5 Å². The monoisotopic (exact) mass is 387 g/mol. The number of aromatic nitrogens is 4. The third-order valence-electron chi connectivity index (χ3n) is 4.67. The molecule has 3 rings (SSSR count). The van der Waals surface area contributed by atoms with Crippen molar-refractivity contribution in [3.05, 3.63) is 46.5 Å². The van der Waals surface area contributed by atoms with E-state index < -0.39 is 0 Å². The maximum atomic E-state index is 13.0. The lowest BCUT2D eigenvalue weighted by Gasteiger charge is -2.20. The van der Waals surface area contributed by atoms with E-state index in [-0.39, 0.29) is 17.9 Å². The predicted molar refractivity (Wildman–Crippen MR) is 108 cm³/mol. The fourth-order valence-electron chi connectivity index (χ4n) is 3.15. The van der Waals surface area contributed by atoms with Gasteiger partial charge in [-0.3, -0.25) is 9.48 Å². The van der Waals surface area contributed by atoms with Gasteiger partial charge in [-0.1, -0.05) is 50.9 Å². The Balaban J connectivity index is 1.87. The lowest BCUT2D eigenvalue weighted by Crippen LogP contribution is -2.33. The molecule has 144 valence electrons. The highest BCUT2D eigenvalue weighted by Crippen LogP contribution is 2.25. The van der Waals surface area contributed by atoms with Gasteiger partial charge in [-0.15, -0.1) is 0 Å². The van der Waals surface area contributed by atoms with E-state index in [1.807, 2.05) is 31.2 Å². The van der Waals surface area contributed by atoms with Crippen LogP contribution >= 0.6 is 11.6 Å². The lowest BCUT2D eigenvalue weighted by molar-refractivity contribution is 0.0923. The average molecular weight is 388 g/mol. The summed E-state index contributed by atoms with van der Waals surface area (Å²) in [5.41, 5.74) is 2.92. The molecule has 6 nitrogen and oxygen atoms in total. The Kier molecular flexibility index (Phi) is 5.85. The van der Waals surface area contributed by atoms with E-state index in [1.54, 1.807) is 4.68 Å². The number of H-pyrrole nitrogens is 1. The topological polar surface area (TPSA) is 75.6 Å². The Hall–Kier alpha value is -2.34. The van der Waals surface area contributed by atoms with Crippen LogP contribution in [0.2, 0.25) is 5.15 Å². The number of carbonyl (C=O) groups excluding carboxylic acids is 1. The average Bonchev–Trinajstić information content (AvgIpc) is 3.17. The van der Waals surface area contributed by atoms with Gasteiger partial charge in [0.2, 0.25) is 0 Å². The van der Waals surface area contributed by atoms with Gasteiger partial charge in [0.1, 0.15) is 11.0 Å². The molecule has 0 fully saturated rings. The van der Waals surface area contributed by atoms with Crippen LogP contribution in [0, 0.1) is 12.8 Å². The Labute approximate surface area is 164 Å². The molecule has 1 amide bonds. The highest BCUT2D eigenvalue weighted by atomic mass is 35.5. The Morgan fingerprint density at radius 3 is 2.74 bits per heavy atom. The molecule has 0 aliphatic rings. The van der Waals surface area contributed by atoms with Crippen LogP contribution in [0.4, 0.5) is 0 Å². The first-order chi connectivity index (χ1) is 12.9. The lowest BCUT2D eigenvalue weighted by atomic mass is 10.0. The summed E-state index contributed by atoms with van der Waals surface area (Å²) >= 11 is 6.45. The molecule has 0 saturated carbocycles. The second kappa shape index (κ2) is 8.13. The first-order valence-corrected chi connectivity index (χ1v) is 9.78. The van der Waals surface area contributed by atoms with Crippen molar-refractivity contribution in [3.8, 4) is 0 Å². The Morgan fingerprint density at radius 2 is 2.07 bits per heavy atom. The van der Waals surface area contributed by atoms with Gasteiger partial charge < -0.3 is 10.3 Å². The van der Waals surface area contributed by atoms with Crippen molar-refractivity contribution < 1.29 is 4.79 Å². The minimum absolute atomic E-state index is 0.156. The van der Waals surface area contributed by atoms with Gasteiger partial charge in [0.15, 0.2) is 0 Å². The molecular formula is C20H26ClN5O. The number of rotatable bonds is 7. The quantitative estimate of drug-likeness (QED) is 0.619. The van der Waals surface area contributed by atoms with Crippen molar-refractivity contribution in [3.63, 3.8) is 0 Å². The molecule has 2 N–H and O–H groups in total. The summed E-state index contributed by atoms with van der Waals surface area (Å²) in [5, 5.41) is 7.91. The highest BCUT2D eigenvalue weighted by Gasteiger charge is 2.26. The molecule has 2 heterocycles. The van der Waals surface area contributed by atoms with E-state index in [4.69, 9.17) is 11.6 Å². The largest absolute Gasteiger partial charge is 0.342 e. The standard InChI is InChI=1S/C20H26ClN5O/c1-5-6-11-26-18(21)16(13(4)25-26)20(27)24-17(12(2)3)19-22-14-9-7-8-10-15(14)23-19/h7-10,12,17H,5-6,11H2,1-4H3,(H,22,23)(H,24,27)/t17-/m0/s1. The zero-order valence-corrected chi connectivity index (χ0v) is 17.0. The molecule has 0 radical (unpaired) electrons. The number of hydrogen-bond acceptors (Lipinski definition) is 3. The number of halogens is 1. The number of imidazole rings is 1. The van der Waals surface area contributed by atoms with Crippen molar-refractivity contribution in [2.75, 3.05) is 0 Å². The van der Waals surface area contributed by atoms with E-state index in [0.29, 0.717) is 23.0 Å². The zero-order valence-electron chi connectivity index (χ0n) is 16.2. The fraction of sp³-hybridized carbons (Fsp3) is 0.450. The molecule has 1 atom stereocenters. The van der Waals surface area contributed by atoms with Crippen molar-refractivity contribution in [2.45, 2.75) is 53.1 Å². The fourth-order valence-corrected chi connectivity index (χ4v) is 3.50. The van der Waals surface area contributed by atoms with Crippen LogP contribution in [0.1, 0.15) is 61.5 Å². The van der Waals surface area contributed by atoms with Crippen LogP contribution in [-0.4, -0.2) is 25.7 Å².